The first-order chi connectivity index (χ1) is 7.71. The molecule has 0 fully saturated rings. The zero-order valence-electron chi connectivity index (χ0n) is 8.37. The second-order valence-electron chi connectivity index (χ2n) is 3.38. The first kappa shape index (κ1) is 13.7. The minimum Gasteiger partial charge on any atom is -0.320 e. The van der Waals surface area contributed by atoms with E-state index in [1.165, 1.54) is 12.1 Å². The summed E-state index contributed by atoms with van der Waals surface area (Å²) in [4.78, 5) is 9.84. The molecule has 0 saturated heterocycles. The van der Waals surface area contributed by atoms with Gasteiger partial charge in [0.25, 0.3) is 5.69 Å². The highest BCUT2D eigenvalue weighted by Gasteiger charge is 2.37. The lowest BCUT2D eigenvalue weighted by Crippen LogP contribution is -2.39. The van der Waals surface area contributed by atoms with Gasteiger partial charge in [-0.1, -0.05) is 17.7 Å². The molecule has 0 bridgehead atoms. The quantitative estimate of drug-likeness (QED) is 0.677. The van der Waals surface area contributed by atoms with Crippen molar-refractivity contribution in [2.24, 2.45) is 5.73 Å². The molecule has 0 heterocycles. The van der Waals surface area contributed by atoms with Crippen LogP contribution in [0.5, 0.6) is 0 Å². The summed E-state index contributed by atoms with van der Waals surface area (Å²) in [6.45, 7) is 0. The summed E-state index contributed by atoms with van der Waals surface area (Å²) < 4.78 is 36.7. The molecule has 1 rings (SSSR count). The number of nitrogens with two attached hydrogens (primary N) is 1. The third-order valence-electron chi connectivity index (χ3n) is 2.10. The Morgan fingerprint density at radius 2 is 2.06 bits per heavy atom. The molecule has 0 aliphatic carbocycles. The third-order valence-corrected chi connectivity index (χ3v) is 2.34. The highest BCUT2D eigenvalue weighted by Crippen LogP contribution is 2.27. The van der Waals surface area contributed by atoms with Crippen molar-refractivity contribution < 1.29 is 18.1 Å². The Labute approximate surface area is 99.3 Å². The van der Waals surface area contributed by atoms with E-state index in [4.69, 9.17) is 17.3 Å². The van der Waals surface area contributed by atoms with Crippen LogP contribution in [0.4, 0.5) is 18.9 Å². The number of hydrogen-bond donors (Lipinski definition) is 1. The van der Waals surface area contributed by atoms with Gasteiger partial charge in [0.05, 0.1) is 4.92 Å². The van der Waals surface area contributed by atoms with Gasteiger partial charge in [0.15, 0.2) is 0 Å². The fourth-order valence-electron chi connectivity index (χ4n) is 1.23. The van der Waals surface area contributed by atoms with E-state index in [-0.39, 0.29) is 10.6 Å². The van der Waals surface area contributed by atoms with Crippen LogP contribution in [0.3, 0.4) is 0 Å². The van der Waals surface area contributed by atoms with E-state index in [9.17, 15) is 23.3 Å². The number of nitrogens with zero attached hydrogens (tertiary/aromatic N) is 1. The van der Waals surface area contributed by atoms with Crippen molar-refractivity contribution in [2.45, 2.75) is 18.6 Å². The largest absolute Gasteiger partial charge is 0.403 e. The maximum Gasteiger partial charge on any atom is 0.403 e. The van der Waals surface area contributed by atoms with Crippen molar-refractivity contribution in [2.75, 3.05) is 0 Å². The second-order valence-corrected chi connectivity index (χ2v) is 3.82. The first-order valence-corrected chi connectivity index (χ1v) is 4.84. The summed E-state index contributed by atoms with van der Waals surface area (Å²) in [7, 11) is 0. The molecular formula is C9H8ClF3N2O2. The zero-order chi connectivity index (χ0) is 13.2. The van der Waals surface area contributed by atoms with Crippen LogP contribution >= 0.6 is 11.6 Å². The molecule has 0 radical (unpaired) electrons. The molecule has 8 heteroatoms. The van der Waals surface area contributed by atoms with E-state index in [1.54, 1.807) is 0 Å². The molecule has 2 N–H and O–H groups in total. The molecule has 1 aromatic rings. The van der Waals surface area contributed by atoms with E-state index in [2.05, 4.69) is 0 Å². The number of nitro benzene ring substituents is 1. The predicted molar refractivity (Wildman–Crippen MR) is 55.8 cm³/mol. The molecule has 1 unspecified atom stereocenters. The highest BCUT2D eigenvalue weighted by molar-refractivity contribution is 6.30. The normalized spacial score (nSPS) is 13.5. The summed E-state index contributed by atoms with van der Waals surface area (Å²) in [5, 5.41) is 10.7. The summed E-state index contributed by atoms with van der Waals surface area (Å²) in [6.07, 6.45) is -5.25. The summed E-state index contributed by atoms with van der Waals surface area (Å²) in [6, 6.07) is 1.32. The number of benzene rings is 1. The van der Waals surface area contributed by atoms with Gasteiger partial charge >= 0.3 is 6.18 Å². The maximum atomic E-state index is 12.2. The second kappa shape index (κ2) is 4.89. The average molecular weight is 269 g/mol. The van der Waals surface area contributed by atoms with E-state index in [0.29, 0.717) is 0 Å². The molecule has 1 aromatic carbocycles. The maximum absolute atomic E-state index is 12.2. The first-order valence-electron chi connectivity index (χ1n) is 4.47. The molecule has 0 amide bonds. The van der Waals surface area contributed by atoms with Gasteiger partial charge in [-0.2, -0.15) is 13.2 Å². The fraction of sp³-hybridized carbons (Fsp3) is 0.333. The molecule has 0 aliphatic heterocycles. The van der Waals surface area contributed by atoms with Crippen molar-refractivity contribution in [3.05, 3.63) is 38.9 Å². The van der Waals surface area contributed by atoms with Crippen LogP contribution in [0.25, 0.3) is 0 Å². The van der Waals surface area contributed by atoms with E-state index in [1.807, 2.05) is 0 Å². The molecule has 17 heavy (non-hydrogen) atoms. The van der Waals surface area contributed by atoms with Gasteiger partial charge < -0.3 is 5.73 Å². The predicted octanol–water partition coefficient (Wildman–Crippen LogP) is 2.68. The molecule has 0 saturated carbocycles. The summed E-state index contributed by atoms with van der Waals surface area (Å²) in [5.74, 6) is 0. The van der Waals surface area contributed by atoms with E-state index >= 15 is 0 Å². The molecular weight excluding hydrogens is 261 g/mol. The Kier molecular flexibility index (Phi) is 3.94. The van der Waals surface area contributed by atoms with Crippen LogP contribution in [0.15, 0.2) is 18.2 Å². The lowest BCUT2D eigenvalue weighted by atomic mass is 10.0. The minimum absolute atomic E-state index is 0.0843. The Balaban J connectivity index is 3.03. The molecule has 0 spiro atoms. The molecule has 0 aromatic heterocycles. The van der Waals surface area contributed by atoms with Crippen molar-refractivity contribution >= 4 is 17.3 Å². The number of hydrogen-bond acceptors (Lipinski definition) is 3. The summed E-state index contributed by atoms with van der Waals surface area (Å²) >= 11 is 5.53. The number of halogens is 4. The lowest BCUT2D eigenvalue weighted by Gasteiger charge is -2.15. The Bertz CT molecular complexity index is 437. The number of alkyl halides is 3. The van der Waals surface area contributed by atoms with E-state index in [0.717, 1.165) is 6.07 Å². The molecule has 0 aliphatic rings. The number of rotatable bonds is 3. The Hall–Kier alpha value is -1.34. The smallest absolute Gasteiger partial charge is 0.320 e. The van der Waals surface area contributed by atoms with Crippen LogP contribution in [0.1, 0.15) is 5.56 Å². The van der Waals surface area contributed by atoms with Crippen molar-refractivity contribution in [1.82, 2.24) is 0 Å². The van der Waals surface area contributed by atoms with Crippen LogP contribution in [-0.4, -0.2) is 17.1 Å². The Morgan fingerprint density at radius 3 is 2.53 bits per heavy atom. The van der Waals surface area contributed by atoms with Crippen LogP contribution in [0, 0.1) is 10.1 Å². The minimum atomic E-state index is -4.59. The van der Waals surface area contributed by atoms with Crippen LogP contribution in [-0.2, 0) is 6.42 Å². The van der Waals surface area contributed by atoms with E-state index < -0.39 is 29.2 Å². The van der Waals surface area contributed by atoms with Crippen molar-refractivity contribution in [3.63, 3.8) is 0 Å². The number of nitro groups is 1. The average Bonchev–Trinajstić information content (AvgIpc) is 2.18. The Morgan fingerprint density at radius 1 is 1.47 bits per heavy atom. The fourth-order valence-corrected chi connectivity index (χ4v) is 1.40. The van der Waals surface area contributed by atoms with Gasteiger partial charge in [-0.05, 0) is 6.07 Å². The molecule has 94 valence electrons. The standard InChI is InChI=1S/C9H8ClF3N2O2/c10-6-2-1-5(7(4-6)15(16)17)3-8(14)9(11,12)13/h1-2,4,8H,3,14H2. The zero-order valence-corrected chi connectivity index (χ0v) is 9.13. The lowest BCUT2D eigenvalue weighted by molar-refractivity contribution is -0.385. The monoisotopic (exact) mass is 268 g/mol. The molecule has 1 atom stereocenters. The van der Waals surface area contributed by atoms with Crippen molar-refractivity contribution in [3.8, 4) is 0 Å². The van der Waals surface area contributed by atoms with Crippen LogP contribution < -0.4 is 5.73 Å². The van der Waals surface area contributed by atoms with Gasteiger partial charge in [0.1, 0.15) is 6.04 Å². The van der Waals surface area contributed by atoms with Gasteiger partial charge in [-0.25, -0.2) is 0 Å². The van der Waals surface area contributed by atoms with Crippen LogP contribution in [0.2, 0.25) is 5.02 Å². The van der Waals surface area contributed by atoms with Gasteiger partial charge in [-0.15, -0.1) is 0 Å². The van der Waals surface area contributed by atoms with Gasteiger partial charge in [-0.3, -0.25) is 10.1 Å². The van der Waals surface area contributed by atoms with Gasteiger partial charge in [0, 0.05) is 23.1 Å². The SMILES string of the molecule is NC(Cc1ccc(Cl)cc1[N+](=O)[O-])C(F)(F)F. The summed E-state index contributed by atoms with van der Waals surface area (Å²) in [5.41, 5.74) is 4.36. The molecule has 4 nitrogen and oxygen atoms in total. The topological polar surface area (TPSA) is 69.2 Å². The van der Waals surface area contributed by atoms with Crippen molar-refractivity contribution in [1.29, 1.82) is 0 Å². The van der Waals surface area contributed by atoms with Gasteiger partial charge in [0.2, 0.25) is 0 Å². The third kappa shape index (κ3) is 3.57. The highest BCUT2D eigenvalue weighted by atomic mass is 35.5.